The van der Waals surface area contributed by atoms with Crippen LogP contribution in [0.5, 0.6) is 0 Å². The van der Waals surface area contributed by atoms with E-state index in [0.717, 1.165) is 40.7 Å². The van der Waals surface area contributed by atoms with E-state index in [-0.39, 0.29) is 17.9 Å². The Morgan fingerprint density at radius 1 is 0.833 bits per heavy atom. The Bertz CT molecular complexity index is 1680. The third-order valence-electron chi connectivity index (χ3n) is 10.7. The van der Waals surface area contributed by atoms with Crippen molar-refractivity contribution in [3.05, 3.63) is 101 Å². The number of hydrogen-bond acceptors (Lipinski definition) is 4. The standard InChI is InChI=1S/C40H51N3O4S/c1-28-11-13-30(14-12-28)26-42(36(38(45)41-39(2,3)4)22-29-9-7-6-8-10-29)37(44)27-43(48(5,46)47)35-17-15-34(16-18-35)40-23-31-19-32(24-40)21-33(20-31)25-40/h6-18,31-33,36H,19-27H2,1-5H3,(H,41,45)/t31?,32?,33?,36-,40?/m1/s1. The zero-order valence-electron chi connectivity index (χ0n) is 29.1. The molecule has 4 aliphatic carbocycles. The lowest BCUT2D eigenvalue weighted by atomic mass is 9.48. The van der Waals surface area contributed by atoms with Crippen molar-refractivity contribution in [2.75, 3.05) is 17.1 Å². The van der Waals surface area contributed by atoms with Crippen LogP contribution in [0.3, 0.4) is 0 Å². The Hall–Kier alpha value is -3.65. The molecule has 0 heterocycles. The number of carbonyl (C=O) groups excluding carboxylic acids is 2. The van der Waals surface area contributed by atoms with E-state index in [9.17, 15) is 18.0 Å². The molecule has 4 fully saturated rings. The molecule has 3 aromatic carbocycles. The lowest BCUT2D eigenvalue weighted by Crippen LogP contribution is -2.56. The van der Waals surface area contributed by atoms with Gasteiger partial charge in [0.05, 0.1) is 11.9 Å². The third kappa shape index (κ3) is 7.80. The van der Waals surface area contributed by atoms with Crippen molar-refractivity contribution in [1.29, 1.82) is 0 Å². The van der Waals surface area contributed by atoms with E-state index in [1.54, 1.807) is 4.90 Å². The van der Waals surface area contributed by atoms with Gasteiger partial charge in [-0.15, -0.1) is 0 Å². The van der Waals surface area contributed by atoms with Crippen LogP contribution >= 0.6 is 0 Å². The number of benzene rings is 3. The molecule has 4 saturated carbocycles. The fraction of sp³-hybridized carbons (Fsp3) is 0.500. The van der Waals surface area contributed by atoms with Crippen LogP contribution in [0.15, 0.2) is 78.9 Å². The average molecular weight is 670 g/mol. The van der Waals surface area contributed by atoms with Gasteiger partial charge in [-0.3, -0.25) is 13.9 Å². The van der Waals surface area contributed by atoms with Crippen molar-refractivity contribution in [2.24, 2.45) is 17.8 Å². The van der Waals surface area contributed by atoms with Crippen molar-refractivity contribution in [3.8, 4) is 0 Å². The molecule has 0 aromatic heterocycles. The largest absolute Gasteiger partial charge is 0.350 e. The molecule has 0 aliphatic heterocycles. The number of carbonyl (C=O) groups is 2. The molecule has 3 aromatic rings. The number of hydrogen-bond donors (Lipinski definition) is 1. The van der Waals surface area contributed by atoms with Crippen LogP contribution in [0.1, 0.15) is 81.5 Å². The maximum Gasteiger partial charge on any atom is 0.244 e. The molecule has 1 N–H and O–H groups in total. The highest BCUT2D eigenvalue weighted by atomic mass is 32.2. The van der Waals surface area contributed by atoms with Crippen LogP contribution in [-0.2, 0) is 38.0 Å². The summed E-state index contributed by atoms with van der Waals surface area (Å²) in [6.45, 7) is 7.49. The van der Waals surface area contributed by atoms with Crippen molar-refractivity contribution in [3.63, 3.8) is 0 Å². The van der Waals surface area contributed by atoms with Crippen molar-refractivity contribution < 1.29 is 18.0 Å². The summed E-state index contributed by atoms with van der Waals surface area (Å²) >= 11 is 0. The highest BCUT2D eigenvalue weighted by Crippen LogP contribution is 2.60. The summed E-state index contributed by atoms with van der Waals surface area (Å²) in [6.07, 6.45) is 9.18. The van der Waals surface area contributed by atoms with Crippen LogP contribution in [0.25, 0.3) is 0 Å². The topological polar surface area (TPSA) is 86.8 Å². The van der Waals surface area contributed by atoms with Gasteiger partial charge in [0, 0.05) is 18.5 Å². The predicted molar refractivity (Wildman–Crippen MR) is 192 cm³/mol. The van der Waals surface area contributed by atoms with Gasteiger partial charge in [0.1, 0.15) is 12.6 Å². The van der Waals surface area contributed by atoms with Gasteiger partial charge < -0.3 is 10.2 Å². The molecule has 4 aliphatic rings. The van der Waals surface area contributed by atoms with Crippen LogP contribution < -0.4 is 9.62 Å². The zero-order valence-corrected chi connectivity index (χ0v) is 29.9. The lowest BCUT2D eigenvalue weighted by molar-refractivity contribution is -0.140. The molecule has 0 unspecified atom stereocenters. The summed E-state index contributed by atoms with van der Waals surface area (Å²) in [6, 6.07) is 24.6. The van der Waals surface area contributed by atoms with Crippen LogP contribution in [0.4, 0.5) is 5.69 Å². The number of nitrogens with one attached hydrogen (secondary N) is 1. The quantitative estimate of drug-likeness (QED) is 0.244. The molecular weight excluding hydrogens is 619 g/mol. The fourth-order valence-corrected chi connectivity index (χ4v) is 9.81. The van der Waals surface area contributed by atoms with Crippen LogP contribution in [0, 0.1) is 24.7 Å². The first kappa shape index (κ1) is 34.2. The number of amides is 2. The van der Waals surface area contributed by atoms with E-state index >= 15 is 0 Å². The van der Waals surface area contributed by atoms with Crippen molar-refractivity contribution in [2.45, 2.75) is 96.2 Å². The third-order valence-corrected chi connectivity index (χ3v) is 11.9. The van der Waals surface area contributed by atoms with Crippen molar-refractivity contribution in [1.82, 2.24) is 10.2 Å². The van der Waals surface area contributed by atoms with Gasteiger partial charge in [-0.05, 0) is 118 Å². The second kappa shape index (κ2) is 13.3. The number of aryl methyl sites for hydroxylation is 1. The van der Waals surface area contributed by atoms with Gasteiger partial charge in [-0.2, -0.15) is 0 Å². The summed E-state index contributed by atoms with van der Waals surface area (Å²) in [7, 11) is -3.83. The second-order valence-corrected chi connectivity index (χ2v) is 17.9. The number of sulfonamides is 1. The average Bonchev–Trinajstić information content (AvgIpc) is 3.01. The summed E-state index contributed by atoms with van der Waals surface area (Å²) in [4.78, 5) is 30.0. The minimum Gasteiger partial charge on any atom is -0.350 e. The Balaban J connectivity index is 1.31. The minimum absolute atomic E-state index is 0.163. The molecule has 0 saturated heterocycles. The summed E-state index contributed by atoms with van der Waals surface area (Å²) in [5.74, 6) is 1.70. The van der Waals surface area contributed by atoms with E-state index in [4.69, 9.17) is 0 Å². The molecule has 256 valence electrons. The predicted octanol–water partition coefficient (Wildman–Crippen LogP) is 6.78. The monoisotopic (exact) mass is 669 g/mol. The normalized spacial score (nSPS) is 23.8. The number of nitrogens with zero attached hydrogens (tertiary/aromatic N) is 2. The molecular formula is C40H51N3O4S. The van der Waals surface area contributed by atoms with Gasteiger partial charge >= 0.3 is 0 Å². The summed E-state index contributed by atoms with van der Waals surface area (Å²) in [5.41, 5.74) is 4.29. The van der Waals surface area contributed by atoms with Crippen molar-refractivity contribution >= 4 is 27.5 Å². The van der Waals surface area contributed by atoms with E-state index in [2.05, 4.69) is 17.4 Å². The Labute approximate surface area is 287 Å². The fourth-order valence-electron chi connectivity index (χ4n) is 8.96. The molecule has 4 bridgehead atoms. The van der Waals surface area contributed by atoms with Gasteiger partial charge in [0.15, 0.2) is 0 Å². The molecule has 7 nitrogen and oxygen atoms in total. The summed E-state index contributed by atoms with van der Waals surface area (Å²) in [5, 5.41) is 3.08. The molecule has 8 heteroatoms. The van der Waals surface area contributed by atoms with E-state index in [0.29, 0.717) is 12.1 Å². The first-order valence-electron chi connectivity index (χ1n) is 17.5. The first-order valence-corrected chi connectivity index (χ1v) is 19.3. The smallest absolute Gasteiger partial charge is 0.244 e. The Morgan fingerprint density at radius 3 is 1.92 bits per heavy atom. The Kier molecular flexibility index (Phi) is 9.51. The van der Waals surface area contributed by atoms with E-state index < -0.39 is 34.1 Å². The highest BCUT2D eigenvalue weighted by Gasteiger charge is 2.51. The molecule has 0 spiro atoms. The van der Waals surface area contributed by atoms with E-state index in [1.165, 1.54) is 48.4 Å². The van der Waals surface area contributed by atoms with Gasteiger partial charge in [0.25, 0.3) is 0 Å². The van der Waals surface area contributed by atoms with Gasteiger partial charge in [-0.1, -0.05) is 72.3 Å². The molecule has 1 atom stereocenters. The van der Waals surface area contributed by atoms with Gasteiger partial charge in [0.2, 0.25) is 21.8 Å². The molecule has 48 heavy (non-hydrogen) atoms. The van der Waals surface area contributed by atoms with Crippen LogP contribution in [0.2, 0.25) is 0 Å². The SMILES string of the molecule is Cc1ccc(CN(C(=O)CN(c2ccc(C34CC5CC(CC(C5)C3)C4)cc2)S(C)(=O)=O)[C@H](Cc2ccccc2)C(=O)NC(C)(C)C)cc1. The molecule has 2 amide bonds. The molecule has 7 rings (SSSR count). The second-order valence-electron chi connectivity index (χ2n) is 16.0. The molecule has 0 radical (unpaired) electrons. The number of rotatable bonds is 11. The van der Waals surface area contributed by atoms with Gasteiger partial charge in [-0.25, -0.2) is 8.42 Å². The lowest BCUT2D eigenvalue weighted by Gasteiger charge is -2.57. The highest BCUT2D eigenvalue weighted by molar-refractivity contribution is 7.92. The zero-order chi connectivity index (χ0) is 34.3. The maximum absolute atomic E-state index is 14.5. The van der Waals surface area contributed by atoms with Crippen LogP contribution in [-0.4, -0.2) is 49.5 Å². The first-order chi connectivity index (χ1) is 22.7. The maximum atomic E-state index is 14.5. The number of anilines is 1. The summed E-state index contributed by atoms with van der Waals surface area (Å²) < 4.78 is 27.9. The minimum atomic E-state index is -3.83. The van der Waals surface area contributed by atoms with E-state index in [1.807, 2.05) is 94.4 Å². The Morgan fingerprint density at radius 2 is 1.40 bits per heavy atom.